The average Bonchev–Trinajstić information content (AvgIpc) is 2.85. The molecule has 1 aromatic carbocycles. The number of unbranched alkanes of at least 4 members (excludes halogenated alkanes) is 18. The molecule has 0 fully saturated rings. The molecule has 1 aromatic heterocycles. The second kappa shape index (κ2) is 18.4. The zero-order valence-corrected chi connectivity index (χ0v) is 21.7. The molecule has 0 aliphatic heterocycles. The molecule has 0 amide bonds. The van der Waals surface area contributed by atoms with E-state index in [1.807, 2.05) is 18.2 Å². The van der Waals surface area contributed by atoms with Crippen LogP contribution in [-0.2, 0) is 0 Å². The van der Waals surface area contributed by atoms with Crippen LogP contribution in [0.4, 0.5) is 0 Å². The van der Waals surface area contributed by atoms with Gasteiger partial charge in [-0.25, -0.2) is 0 Å². The Hall–Kier alpha value is -1.97. The smallest absolute Gasteiger partial charge is 0.272 e. The van der Waals surface area contributed by atoms with Crippen LogP contribution in [0.5, 0.6) is 0 Å². The summed E-state index contributed by atoms with van der Waals surface area (Å²) in [5.41, 5.74) is -0.305. The summed E-state index contributed by atoms with van der Waals surface area (Å²) in [5, 5.41) is 5.39. The van der Waals surface area contributed by atoms with Crippen LogP contribution in [0.2, 0.25) is 0 Å². The summed E-state index contributed by atoms with van der Waals surface area (Å²) >= 11 is 0. The largest absolute Gasteiger partial charge is 0.281 e. The Morgan fingerprint density at radius 2 is 1.12 bits per heavy atom. The summed E-state index contributed by atoms with van der Waals surface area (Å²) < 4.78 is 1.04. The van der Waals surface area contributed by atoms with E-state index >= 15 is 0 Å². The lowest BCUT2D eigenvalue weighted by molar-refractivity contribution is 0.0877. The van der Waals surface area contributed by atoms with Crippen LogP contribution >= 0.6 is 0 Å². The first-order valence-electron chi connectivity index (χ1n) is 14.2. The van der Waals surface area contributed by atoms with Crippen molar-refractivity contribution in [2.24, 2.45) is 0 Å². The highest BCUT2D eigenvalue weighted by Gasteiger charge is 2.10. The first kappa shape index (κ1) is 28.3. The third kappa shape index (κ3) is 11.4. The van der Waals surface area contributed by atoms with Crippen LogP contribution in [-0.4, -0.2) is 15.7 Å². The maximum absolute atomic E-state index is 12.5. The molecule has 0 radical (unpaired) electrons. The fourth-order valence-electron chi connectivity index (χ4n) is 4.73. The van der Waals surface area contributed by atoms with E-state index in [0.717, 1.165) is 22.9 Å². The van der Waals surface area contributed by atoms with Gasteiger partial charge in [0.15, 0.2) is 0 Å². The van der Waals surface area contributed by atoms with Crippen LogP contribution in [0, 0.1) is 0 Å². The molecule has 34 heavy (non-hydrogen) atoms. The van der Waals surface area contributed by atoms with Crippen molar-refractivity contribution in [3.05, 3.63) is 40.8 Å². The Morgan fingerprint density at radius 1 is 0.676 bits per heavy atom. The number of rotatable bonds is 20. The SMILES string of the molecule is CCCCCCCCCCCCCCCCCCCCCC(=O)n1ncc2ccccc2c1=O. The van der Waals surface area contributed by atoms with E-state index in [-0.39, 0.29) is 11.5 Å². The van der Waals surface area contributed by atoms with Gasteiger partial charge in [-0.1, -0.05) is 141 Å². The number of fused-ring (bicyclic) bond motifs is 1. The molecule has 2 rings (SSSR count). The lowest BCUT2D eigenvalue weighted by Crippen LogP contribution is -2.28. The molecule has 2 aromatic rings. The van der Waals surface area contributed by atoms with Gasteiger partial charge in [0, 0.05) is 11.8 Å². The lowest BCUT2D eigenvalue weighted by atomic mass is 10.0. The van der Waals surface area contributed by atoms with E-state index in [2.05, 4.69) is 12.0 Å². The fourth-order valence-corrected chi connectivity index (χ4v) is 4.73. The van der Waals surface area contributed by atoms with E-state index in [4.69, 9.17) is 0 Å². The Bertz CT molecular complexity index is 858. The first-order chi connectivity index (χ1) is 16.7. The van der Waals surface area contributed by atoms with Gasteiger partial charge in [0.05, 0.1) is 11.6 Å². The van der Waals surface area contributed by atoms with Gasteiger partial charge in [-0.05, 0) is 12.5 Å². The summed E-state index contributed by atoms with van der Waals surface area (Å²) in [6.45, 7) is 2.28. The molecule has 4 heteroatoms. The Kier molecular flexibility index (Phi) is 15.3. The molecule has 0 saturated heterocycles. The third-order valence-corrected chi connectivity index (χ3v) is 6.93. The number of carbonyl (C=O) groups excluding carboxylic acids is 1. The molecular formula is C30H48N2O2. The minimum atomic E-state index is -0.305. The summed E-state index contributed by atoms with van der Waals surface area (Å²) in [7, 11) is 0. The van der Waals surface area contributed by atoms with Crippen molar-refractivity contribution in [3.8, 4) is 0 Å². The number of hydrogen-bond donors (Lipinski definition) is 0. The zero-order valence-electron chi connectivity index (χ0n) is 21.7. The molecule has 0 atom stereocenters. The maximum atomic E-state index is 12.5. The van der Waals surface area contributed by atoms with Gasteiger partial charge in [-0.2, -0.15) is 9.78 Å². The van der Waals surface area contributed by atoms with Gasteiger partial charge in [-0.15, -0.1) is 0 Å². The molecule has 0 unspecified atom stereocenters. The highest BCUT2D eigenvalue weighted by Crippen LogP contribution is 2.15. The molecule has 4 nitrogen and oxygen atoms in total. The van der Waals surface area contributed by atoms with Crippen LogP contribution in [0.3, 0.4) is 0 Å². The third-order valence-electron chi connectivity index (χ3n) is 6.93. The van der Waals surface area contributed by atoms with Crippen LogP contribution < -0.4 is 5.56 Å². The number of hydrogen-bond acceptors (Lipinski definition) is 3. The number of benzene rings is 1. The van der Waals surface area contributed by atoms with Gasteiger partial charge in [0.2, 0.25) is 5.91 Å². The van der Waals surface area contributed by atoms with E-state index in [1.54, 1.807) is 12.3 Å². The maximum Gasteiger partial charge on any atom is 0.281 e. The molecule has 0 spiro atoms. The van der Waals surface area contributed by atoms with Gasteiger partial charge >= 0.3 is 0 Å². The second-order valence-electron chi connectivity index (χ2n) is 9.96. The number of aromatic nitrogens is 2. The normalized spacial score (nSPS) is 11.3. The van der Waals surface area contributed by atoms with Crippen LogP contribution in [0.1, 0.15) is 140 Å². The van der Waals surface area contributed by atoms with E-state index in [9.17, 15) is 9.59 Å². The Balaban J connectivity index is 1.37. The molecule has 0 N–H and O–H groups in total. The predicted molar refractivity (Wildman–Crippen MR) is 145 cm³/mol. The van der Waals surface area contributed by atoms with E-state index < -0.39 is 0 Å². The monoisotopic (exact) mass is 468 g/mol. The van der Waals surface area contributed by atoms with Crippen molar-refractivity contribution >= 4 is 16.7 Å². The van der Waals surface area contributed by atoms with Crippen LogP contribution in [0.25, 0.3) is 10.8 Å². The summed E-state index contributed by atoms with van der Waals surface area (Å²) in [6, 6.07) is 7.28. The summed E-state index contributed by atoms with van der Waals surface area (Å²) in [5.74, 6) is -0.192. The fraction of sp³-hybridized carbons (Fsp3) is 0.700. The predicted octanol–water partition coefficient (Wildman–Crippen LogP) is 8.86. The molecular weight excluding hydrogens is 420 g/mol. The molecule has 0 aliphatic rings. The van der Waals surface area contributed by atoms with Crippen LogP contribution in [0.15, 0.2) is 35.3 Å². The first-order valence-corrected chi connectivity index (χ1v) is 14.2. The zero-order chi connectivity index (χ0) is 24.3. The summed E-state index contributed by atoms with van der Waals surface area (Å²) in [4.78, 5) is 24.8. The molecule has 0 saturated carbocycles. The van der Waals surface area contributed by atoms with Gasteiger partial charge in [-0.3, -0.25) is 9.59 Å². The Labute approximate surface area is 207 Å². The summed E-state index contributed by atoms with van der Waals surface area (Å²) in [6.07, 6.45) is 27.3. The van der Waals surface area contributed by atoms with Crippen molar-refractivity contribution in [1.82, 2.24) is 9.78 Å². The van der Waals surface area contributed by atoms with Gasteiger partial charge in [0.25, 0.3) is 5.56 Å². The average molecular weight is 469 g/mol. The van der Waals surface area contributed by atoms with E-state index in [1.165, 1.54) is 109 Å². The van der Waals surface area contributed by atoms with Crippen molar-refractivity contribution < 1.29 is 4.79 Å². The van der Waals surface area contributed by atoms with Gasteiger partial charge < -0.3 is 0 Å². The molecule has 190 valence electrons. The van der Waals surface area contributed by atoms with Crippen molar-refractivity contribution in [3.63, 3.8) is 0 Å². The highest BCUT2D eigenvalue weighted by atomic mass is 16.2. The lowest BCUT2D eigenvalue weighted by Gasteiger charge is -2.05. The number of nitrogens with zero attached hydrogens (tertiary/aromatic N) is 2. The quantitative estimate of drug-likeness (QED) is 0.182. The standard InChI is InChI=1S/C30H48N2O2/c1-2-3-4-5-6-7-8-9-10-11-12-13-14-15-16-17-18-19-20-25-29(33)32-30(34)28-24-22-21-23-27(28)26-31-32/h21-24,26H,2-20,25H2,1H3. The topological polar surface area (TPSA) is 52.0 Å². The number of carbonyl (C=O) groups is 1. The molecule has 0 aliphatic carbocycles. The van der Waals surface area contributed by atoms with Gasteiger partial charge in [0.1, 0.15) is 0 Å². The Morgan fingerprint density at radius 3 is 1.62 bits per heavy atom. The minimum Gasteiger partial charge on any atom is -0.272 e. The highest BCUT2D eigenvalue weighted by molar-refractivity contribution is 5.84. The molecule has 1 heterocycles. The van der Waals surface area contributed by atoms with E-state index in [0.29, 0.717) is 11.8 Å². The van der Waals surface area contributed by atoms with Crippen molar-refractivity contribution in [2.75, 3.05) is 0 Å². The van der Waals surface area contributed by atoms with Crippen molar-refractivity contribution in [1.29, 1.82) is 0 Å². The van der Waals surface area contributed by atoms with Crippen molar-refractivity contribution in [2.45, 2.75) is 135 Å². The minimum absolute atomic E-state index is 0.192. The second-order valence-corrected chi connectivity index (χ2v) is 9.96. The molecule has 0 bridgehead atoms.